The number of unbranched alkanes of at least 4 members (excludes halogenated alkanes) is 1. The van der Waals surface area contributed by atoms with Crippen LogP contribution >= 0.6 is 35.2 Å². The normalized spacial score (nSPS) is 22.0. The summed E-state index contributed by atoms with van der Waals surface area (Å²) in [5.41, 5.74) is 4.26. The molecule has 0 spiro atoms. The number of phosphoric ester groups is 3. The number of ether oxygens (including phenoxy) is 1. The fraction of sp³-hybridized carbons (Fsp3) is 0.630. The smallest absolute Gasteiger partial charge is 0.386 e. The molecule has 0 radical (unpaired) electrons. The van der Waals surface area contributed by atoms with Crippen molar-refractivity contribution >= 4 is 69.1 Å². The van der Waals surface area contributed by atoms with Gasteiger partial charge in [0.2, 0.25) is 16.9 Å². The van der Waals surface area contributed by atoms with Gasteiger partial charge in [0, 0.05) is 30.7 Å². The first-order valence-electron chi connectivity index (χ1n) is 16.3. The number of allylic oxidation sites excluding steroid dienone is 1. The van der Waals surface area contributed by atoms with Gasteiger partial charge in [-0.1, -0.05) is 45.0 Å². The predicted octanol–water partition coefficient (Wildman–Crippen LogP) is 0.0210. The Morgan fingerprint density at radius 2 is 1.78 bits per heavy atom. The zero-order valence-electron chi connectivity index (χ0n) is 29.6. The molecule has 10 N–H and O–H groups in total. The van der Waals surface area contributed by atoms with E-state index in [2.05, 4.69) is 34.4 Å². The topological polar surface area (TPSA) is 364 Å². The summed E-state index contributed by atoms with van der Waals surface area (Å²) < 4.78 is 62.0. The molecule has 0 aromatic carbocycles. The third-order valence-corrected chi connectivity index (χ3v) is 11.4. The van der Waals surface area contributed by atoms with Crippen molar-refractivity contribution in [1.82, 2.24) is 30.2 Å². The van der Waals surface area contributed by atoms with Crippen molar-refractivity contribution in [2.45, 2.75) is 70.7 Å². The number of carbonyl (C=O) groups excluding carboxylic acids is 3. The number of aliphatic hydroxyl groups excluding tert-OH is 2. The Hall–Kier alpha value is -2.70. The number of phosphoric acid groups is 3. The number of aromatic nitrogens is 4. The van der Waals surface area contributed by atoms with Crippen molar-refractivity contribution in [3.63, 3.8) is 0 Å². The van der Waals surface area contributed by atoms with Crippen LogP contribution in [0.5, 0.6) is 0 Å². The van der Waals surface area contributed by atoms with Crippen LogP contribution in [0.1, 0.15) is 46.3 Å². The number of nitrogens with one attached hydrogen (secondary N) is 2. The number of fused-ring (bicyclic) bond motifs is 1. The lowest BCUT2D eigenvalue weighted by molar-refractivity contribution is -0.137. The van der Waals surface area contributed by atoms with Gasteiger partial charge in [0.1, 0.15) is 36.3 Å². The number of nitrogens with two attached hydrogens (primary N) is 1. The molecule has 7 atom stereocenters. The summed E-state index contributed by atoms with van der Waals surface area (Å²) in [7, 11) is -16.4. The molecule has 1 fully saturated rings. The molecule has 1 aliphatic heterocycles. The van der Waals surface area contributed by atoms with Crippen molar-refractivity contribution in [1.29, 1.82) is 0 Å². The summed E-state index contributed by atoms with van der Waals surface area (Å²) in [6.07, 6.45) is -1.97. The van der Waals surface area contributed by atoms with Crippen molar-refractivity contribution in [2.24, 2.45) is 5.41 Å². The van der Waals surface area contributed by atoms with Crippen LogP contribution in [0.3, 0.4) is 0 Å². The van der Waals surface area contributed by atoms with Crippen LogP contribution in [-0.4, -0.2) is 123 Å². The molecule has 2 aromatic heterocycles. The Morgan fingerprint density at radius 1 is 1.09 bits per heavy atom. The molecule has 0 bridgehead atoms. The van der Waals surface area contributed by atoms with Crippen molar-refractivity contribution in [3.8, 4) is 0 Å². The summed E-state index contributed by atoms with van der Waals surface area (Å²) in [5.74, 6) is -1.12. The van der Waals surface area contributed by atoms with E-state index in [4.69, 9.17) is 19.5 Å². The van der Waals surface area contributed by atoms with E-state index in [1.807, 2.05) is 6.92 Å². The van der Waals surface area contributed by atoms with Gasteiger partial charge in [0.05, 0.1) is 19.5 Å². The minimum absolute atomic E-state index is 0.0305. The van der Waals surface area contributed by atoms with Crippen molar-refractivity contribution < 1.29 is 80.5 Å². The van der Waals surface area contributed by atoms with Crippen molar-refractivity contribution in [3.05, 3.63) is 24.8 Å². The number of carbonyl (C=O) groups is 3. The second kappa shape index (κ2) is 20.1. The summed E-state index contributed by atoms with van der Waals surface area (Å²) in [4.78, 5) is 87.2. The number of rotatable bonds is 22. The Labute approximate surface area is 318 Å². The molecule has 24 nitrogen and oxygen atoms in total. The van der Waals surface area contributed by atoms with Gasteiger partial charge in [0.25, 0.3) is 0 Å². The minimum Gasteiger partial charge on any atom is -0.386 e. The highest BCUT2D eigenvalue weighted by Gasteiger charge is 2.50. The van der Waals surface area contributed by atoms with Crippen LogP contribution in [0.4, 0.5) is 5.82 Å². The van der Waals surface area contributed by atoms with Gasteiger partial charge in [0.15, 0.2) is 17.7 Å². The maximum absolute atomic E-state index is 12.7. The number of amides is 2. The first kappa shape index (κ1) is 46.7. The number of nitrogens with zero attached hydrogens (tertiary/aromatic N) is 4. The van der Waals surface area contributed by atoms with Gasteiger partial charge >= 0.3 is 23.5 Å². The Kier molecular flexibility index (Phi) is 17.1. The van der Waals surface area contributed by atoms with Crippen LogP contribution in [0.25, 0.3) is 11.2 Å². The number of anilines is 1. The molecule has 28 heteroatoms. The van der Waals surface area contributed by atoms with E-state index in [0.717, 1.165) is 41.8 Å². The molecule has 1 saturated heterocycles. The van der Waals surface area contributed by atoms with E-state index in [0.29, 0.717) is 5.75 Å². The largest absolute Gasteiger partial charge is 0.481 e. The monoisotopic (exact) mass is 863 g/mol. The quantitative estimate of drug-likeness (QED) is 0.0428. The van der Waals surface area contributed by atoms with Crippen molar-refractivity contribution in [2.75, 3.05) is 37.8 Å². The van der Waals surface area contributed by atoms with Gasteiger partial charge in [-0.05, 0) is 12.5 Å². The summed E-state index contributed by atoms with van der Waals surface area (Å²) in [5, 5.41) is 26.2. The highest BCUT2D eigenvalue weighted by molar-refractivity contribution is 8.14. The predicted molar refractivity (Wildman–Crippen MR) is 191 cm³/mol. The Balaban J connectivity index is 1.49. The van der Waals surface area contributed by atoms with E-state index in [1.165, 1.54) is 19.9 Å². The molecule has 310 valence electrons. The molecular weight excluding hydrogens is 819 g/mol. The van der Waals surface area contributed by atoms with E-state index in [9.17, 15) is 57.9 Å². The molecule has 3 rings (SSSR count). The molecule has 55 heavy (non-hydrogen) atoms. The number of hydrogen-bond donors (Lipinski definition) is 9. The third-order valence-electron chi connectivity index (χ3n) is 7.46. The van der Waals surface area contributed by atoms with Gasteiger partial charge in [-0.3, -0.25) is 32.5 Å². The lowest BCUT2D eigenvalue weighted by atomic mass is 9.87. The molecule has 2 unspecified atom stereocenters. The SMILES string of the molecule is CCC/C=C/C(=O)SCCNC(=O)CCNC(=O)[C@H](O)C(C)(C)COP(=O)(O)OP(=O)(O)OC[C@H]1O[C@@H](n2cnc3c(N)ncnc32)[C@H](O)[C@@H]1OP(=O)(O)O. The number of imidazole rings is 1. The second-order valence-corrected chi connectivity index (χ2v) is 17.8. The lowest BCUT2D eigenvalue weighted by Gasteiger charge is -2.30. The van der Waals surface area contributed by atoms with Gasteiger partial charge in [-0.25, -0.2) is 28.6 Å². The second-order valence-electron chi connectivity index (χ2n) is 12.4. The minimum atomic E-state index is -5.57. The molecular formula is C27H44N7O17P3S. The van der Waals surface area contributed by atoms with Crippen LogP contribution in [0.15, 0.2) is 24.8 Å². The average Bonchev–Trinajstić information content (AvgIpc) is 3.64. The van der Waals surface area contributed by atoms with Gasteiger partial charge < -0.3 is 50.9 Å². The number of thioether (sulfide) groups is 1. The number of hydrogen-bond acceptors (Lipinski definition) is 18. The van der Waals surface area contributed by atoms with Crippen LogP contribution in [-0.2, 0) is 50.7 Å². The molecule has 0 aliphatic carbocycles. The third kappa shape index (κ3) is 14.6. The highest BCUT2D eigenvalue weighted by atomic mass is 32.2. The lowest BCUT2D eigenvalue weighted by Crippen LogP contribution is -2.46. The van der Waals surface area contributed by atoms with E-state index in [-0.39, 0.29) is 41.6 Å². The molecule has 0 saturated carbocycles. The summed E-state index contributed by atoms with van der Waals surface area (Å²) >= 11 is 1.03. The van der Waals surface area contributed by atoms with E-state index >= 15 is 0 Å². The standard InChI is InChI=1S/C27H44N7O17P3S/c1-4-5-6-7-18(36)55-11-10-29-17(35)8-9-30-25(39)22(38)27(2,3)13-48-54(45,46)51-53(43,44)47-12-16-21(50-52(40,41)42)20(37)26(49-16)34-15-33-19-23(28)31-14-32-24(19)34/h6-7,14-16,20-22,26,37-38H,4-5,8-13H2,1-3H3,(H,29,35)(H,30,39)(H,43,44)(H,45,46)(H2,28,31,32)(H2,40,41,42)/b7-6+/t16-,20-,21-,22+,26-/m1/s1. The molecule has 3 heterocycles. The summed E-state index contributed by atoms with van der Waals surface area (Å²) in [6.45, 7) is 2.47. The molecule has 2 aromatic rings. The molecule has 2 amide bonds. The Bertz CT molecular complexity index is 1830. The zero-order chi connectivity index (χ0) is 41.2. The zero-order valence-corrected chi connectivity index (χ0v) is 33.1. The van der Waals surface area contributed by atoms with Crippen LogP contribution in [0.2, 0.25) is 0 Å². The van der Waals surface area contributed by atoms with Gasteiger partial charge in [-0.2, -0.15) is 4.31 Å². The van der Waals surface area contributed by atoms with Crippen LogP contribution < -0.4 is 16.4 Å². The number of aliphatic hydroxyl groups is 2. The maximum atomic E-state index is 12.7. The van der Waals surface area contributed by atoms with E-state index in [1.54, 1.807) is 6.08 Å². The number of nitrogen functional groups attached to an aromatic ring is 1. The Morgan fingerprint density at radius 3 is 2.45 bits per heavy atom. The van der Waals surface area contributed by atoms with E-state index < -0.39 is 84.6 Å². The van der Waals surface area contributed by atoms with Crippen LogP contribution in [0, 0.1) is 5.41 Å². The maximum Gasteiger partial charge on any atom is 0.481 e. The first-order valence-corrected chi connectivity index (χ1v) is 21.8. The molecule has 1 aliphatic rings. The first-order chi connectivity index (χ1) is 25.6. The average molecular weight is 864 g/mol. The fourth-order valence-electron chi connectivity index (χ4n) is 4.68. The fourth-order valence-corrected chi connectivity index (χ4v) is 8.10. The van der Waals surface area contributed by atoms with Gasteiger partial charge in [-0.15, -0.1) is 0 Å². The summed E-state index contributed by atoms with van der Waals surface area (Å²) in [6, 6.07) is 0. The highest BCUT2D eigenvalue weighted by Crippen LogP contribution is 2.61.